The first-order chi connectivity index (χ1) is 5.41. The molecule has 0 N–H and O–H groups in total. The lowest BCUT2D eigenvalue weighted by Gasteiger charge is -2.16. The normalized spacial score (nSPS) is 24.2. The van der Waals surface area contributed by atoms with E-state index in [9.17, 15) is 0 Å². The molecule has 0 fully saturated rings. The molecule has 1 unspecified atom stereocenters. The van der Waals surface area contributed by atoms with Crippen molar-refractivity contribution in [3.05, 3.63) is 0 Å². The molecular formula is C10H19NO. The third kappa shape index (κ3) is 1.99. The summed E-state index contributed by atoms with van der Waals surface area (Å²) < 4.78 is 5.54. The first-order valence-electron chi connectivity index (χ1n) is 4.62. The summed E-state index contributed by atoms with van der Waals surface area (Å²) in [6, 6.07) is 0.374. The Morgan fingerprint density at radius 1 is 1.42 bits per heavy atom. The van der Waals surface area contributed by atoms with E-state index in [4.69, 9.17) is 4.74 Å². The highest BCUT2D eigenvalue weighted by molar-refractivity contribution is 5.82. The van der Waals surface area contributed by atoms with Gasteiger partial charge in [0.2, 0.25) is 0 Å². The molecule has 1 atom stereocenters. The van der Waals surface area contributed by atoms with Gasteiger partial charge in [-0.25, -0.2) is 4.99 Å². The molecule has 2 nitrogen and oxygen atoms in total. The second-order valence-corrected chi connectivity index (χ2v) is 4.81. The molecule has 1 aliphatic rings. The fraction of sp³-hybridized carbons (Fsp3) is 0.900. The molecule has 0 amide bonds. The summed E-state index contributed by atoms with van der Waals surface area (Å²) in [4.78, 5) is 4.55. The minimum absolute atomic E-state index is 0.0731. The van der Waals surface area contributed by atoms with Crippen LogP contribution in [0.15, 0.2) is 4.99 Å². The van der Waals surface area contributed by atoms with Gasteiger partial charge in [-0.15, -0.1) is 0 Å². The van der Waals surface area contributed by atoms with Crippen molar-refractivity contribution in [2.75, 3.05) is 6.61 Å². The van der Waals surface area contributed by atoms with Crippen LogP contribution in [0, 0.1) is 11.3 Å². The molecule has 1 aliphatic heterocycles. The zero-order chi connectivity index (χ0) is 9.35. The van der Waals surface area contributed by atoms with E-state index in [1.54, 1.807) is 0 Å². The van der Waals surface area contributed by atoms with Gasteiger partial charge in [0, 0.05) is 5.41 Å². The van der Waals surface area contributed by atoms with E-state index in [2.05, 4.69) is 39.6 Å². The van der Waals surface area contributed by atoms with Crippen molar-refractivity contribution in [3.8, 4) is 0 Å². The van der Waals surface area contributed by atoms with Crippen molar-refractivity contribution >= 4 is 5.90 Å². The van der Waals surface area contributed by atoms with Gasteiger partial charge in [0.1, 0.15) is 6.61 Å². The zero-order valence-electron chi connectivity index (χ0n) is 8.72. The fourth-order valence-electron chi connectivity index (χ4n) is 1.14. The number of hydrogen-bond donors (Lipinski definition) is 0. The first-order valence-corrected chi connectivity index (χ1v) is 4.62. The van der Waals surface area contributed by atoms with Crippen LogP contribution in [0.3, 0.4) is 0 Å². The van der Waals surface area contributed by atoms with Crippen LogP contribution in [0.1, 0.15) is 34.6 Å². The molecule has 0 aromatic carbocycles. The minimum atomic E-state index is 0.0731. The van der Waals surface area contributed by atoms with Crippen LogP contribution in [-0.2, 0) is 4.74 Å². The molecule has 0 saturated carbocycles. The molecule has 1 rings (SSSR count). The maximum Gasteiger partial charge on any atom is 0.189 e. The Labute approximate surface area is 75.0 Å². The lowest BCUT2D eigenvalue weighted by Crippen LogP contribution is -2.20. The quantitative estimate of drug-likeness (QED) is 0.591. The molecule has 0 aromatic rings. The lowest BCUT2D eigenvalue weighted by atomic mass is 9.97. The third-order valence-electron chi connectivity index (χ3n) is 2.09. The smallest absolute Gasteiger partial charge is 0.189 e. The van der Waals surface area contributed by atoms with Crippen LogP contribution in [0.25, 0.3) is 0 Å². The molecule has 2 heteroatoms. The maximum atomic E-state index is 5.54. The van der Waals surface area contributed by atoms with Crippen LogP contribution in [-0.4, -0.2) is 18.5 Å². The number of nitrogens with zero attached hydrogens (tertiary/aromatic N) is 1. The predicted octanol–water partition coefficient (Wildman–Crippen LogP) is 2.49. The second-order valence-electron chi connectivity index (χ2n) is 4.81. The predicted molar refractivity (Wildman–Crippen MR) is 51.5 cm³/mol. The second kappa shape index (κ2) is 3.08. The number of hydrogen-bond acceptors (Lipinski definition) is 2. The Bertz CT molecular complexity index is 189. The van der Waals surface area contributed by atoms with Crippen molar-refractivity contribution < 1.29 is 4.74 Å². The van der Waals surface area contributed by atoms with Crippen LogP contribution in [0.2, 0.25) is 0 Å². The van der Waals surface area contributed by atoms with Crippen molar-refractivity contribution in [3.63, 3.8) is 0 Å². The van der Waals surface area contributed by atoms with E-state index in [1.807, 2.05) is 0 Å². The van der Waals surface area contributed by atoms with Gasteiger partial charge < -0.3 is 4.74 Å². The molecule has 70 valence electrons. The fourth-order valence-corrected chi connectivity index (χ4v) is 1.14. The lowest BCUT2D eigenvalue weighted by molar-refractivity contribution is 0.265. The number of ether oxygens (including phenoxy) is 1. The summed E-state index contributed by atoms with van der Waals surface area (Å²) >= 11 is 0. The van der Waals surface area contributed by atoms with Crippen molar-refractivity contribution in [1.82, 2.24) is 0 Å². The third-order valence-corrected chi connectivity index (χ3v) is 2.09. The van der Waals surface area contributed by atoms with E-state index in [0.29, 0.717) is 12.0 Å². The van der Waals surface area contributed by atoms with Crippen molar-refractivity contribution in [1.29, 1.82) is 0 Å². The van der Waals surface area contributed by atoms with Gasteiger partial charge in [0.15, 0.2) is 5.90 Å². The Balaban J connectivity index is 2.66. The molecule has 0 spiro atoms. The minimum Gasteiger partial charge on any atom is -0.478 e. The molecule has 12 heavy (non-hydrogen) atoms. The summed E-state index contributed by atoms with van der Waals surface area (Å²) in [5.74, 6) is 1.51. The highest BCUT2D eigenvalue weighted by Gasteiger charge is 2.29. The Hall–Kier alpha value is -0.530. The first kappa shape index (κ1) is 9.56. The van der Waals surface area contributed by atoms with Gasteiger partial charge in [-0.3, -0.25) is 0 Å². The number of aliphatic imine (C=N–C) groups is 1. The maximum absolute atomic E-state index is 5.54. The Kier molecular flexibility index (Phi) is 2.45. The molecule has 0 bridgehead atoms. The number of rotatable bonds is 1. The highest BCUT2D eigenvalue weighted by Crippen LogP contribution is 2.24. The van der Waals surface area contributed by atoms with E-state index in [1.165, 1.54) is 0 Å². The van der Waals surface area contributed by atoms with Gasteiger partial charge in [0.25, 0.3) is 0 Å². The van der Waals surface area contributed by atoms with E-state index in [0.717, 1.165) is 12.5 Å². The molecule has 0 radical (unpaired) electrons. The van der Waals surface area contributed by atoms with Crippen molar-refractivity contribution in [2.24, 2.45) is 16.3 Å². The monoisotopic (exact) mass is 169 g/mol. The topological polar surface area (TPSA) is 21.6 Å². The molecule has 0 saturated heterocycles. The van der Waals surface area contributed by atoms with Crippen molar-refractivity contribution in [2.45, 2.75) is 40.7 Å². The van der Waals surface area contributed by atoms with Gasteiger partial charge >= 0.3 is 0 Å². The van der Waals surface area contributed by atoms with E-state index >= 15 is 0 Å². The van der Waals surface area contributed by atoms with E-state index in [-0.39, 0.29) is 5.41 Å². The Morgan fingerprint density at radius 2 is 2.00 bits per heavy atom. The SMILES string of the molecule is CC(C)C1COC(C(C)(C)C)=N1. The average Bonchev–Trinajstić information content (AvgIpc) is 2.30. The average molecular weight is 169 g/mol. The summed E-state index contributed by atoms with van der Waals surface area (Å²) in [5.41, 5.74) is 0.0731. The van der Waals surface area contributed by atoms with Crippen LogP contribution < -0.4 is 0 Å². The van der Waals surface area contributed by atoms with Crippen LogP contribution in [0.4, 0.5) is 0 Å². The van der Waals surface area contributed by atoms with Crippen LogP contribution in [0.5, 0.6) is 0 Å². The molecule has 0 aromatic heterocycles. The summed E-state index contributed by atoms with van der Waals surface area (Å²) in [6.07, 6.45) is 0. The standard InChI is InChI=1S/C10H19NO/c1-7(2)8-6-12-9(11-8)10(3,4)5/h7-8H,6H2,1-5H3. The van der Waals surface area contributed by atoms with Gasteiger partial charge in [0.05, 0.1) is 6.04 Å². The summed E-state index contributed by atoms with van der Waals surface area (Å²) in [5, 5.41) is 0. The molecule has 1 heterocycles. The van der Waals surface area contributed by atoms with Gasteiger partial charge in [-0.05, 0) is 5.92 Å². The molecular weight excluding hydrogens is 150 g/mol. The largest absolute Gasteiger partial charge is 0.478 e. The Morgan fingerprint density at radius 3 is 2.25 bits per heavy atom. The van der Waals surface area contributed by atoms with Gasteiger partial charge in [-0.1, -0.05) is 34.6 Å². The summed E-state index contributed by atoms with van der Waals surface area (Å²) in [6.45, 7) is 11.5. The summed E-state index contributed by atoms with van der Waals surface area (Å²) in [7, 11) is 0. The zero-order valence-corrected chi connectivity index (χ0v) is 8.72. The highest BCUT2D eigenvalue weighted by atomic mass is 16.5. The van der Waals surface area contributed by atoms with E-state index < -0.39 is 0 Å². The van der Waals surface area contributed by atoms with Crippen LogP contribution >= 0.6 is 0 Å². The van der Waals surface area contributed by atoms with Gasteiger partial charge in [-0.2, -0.15) is 0 Å². The molecule has 0 aliphatic carbocycles.